The van der Waals surface area contributed by atoms with Crippen LogP contribution in [0.4, 0.5) is 13.2 Å². The number of aromatic amines is 1. The van der Waals surface area contributed by atoms with E-state index in [2.05, 4.69) is 20.6 Å². The van der Waals surface area contributed by atoms with Gasteiger partial charge < -0.3 is 25.5 Å². The summed E-state index contributed by atoms with van der Waals surface area (Å²) in [6.45, 7) is 2.03. The van der Waals surface area contributed by atoms with E-state index in [0.717, 1.165) is 31.3 Å². The summed E-state index contributed by atoms with van der Waals surface area (Å²) in [4.78, 5) is 40.8. The second kappa shape index (κ2) is 8.92. The van der Waals surface area contributed by atoms with Crippen molar-refractivity contribution in [2.24, 2.45) is 5.41 Å². The highest BCUT2D eigenvalue weighted by Crippen LogP contribution is 2.41. The highest BCUT2D eigenvalue weighted by Gasteiger charge is 2.49. The number of esters is 1. The minimum absolute atomic E-state index is 0.111. The number of ether oxygens (including phenoxy) is 1. The van der Waals surface area contributed by atoms with E-state index in [1.54, 1.807) is 18.5 Å². The molecule has 168 valence electrons. The lowest BCUT2D eigenvalue weighted by molar-refractivity contribution is -0.192. The van der Waals surface area contributed by atoms with E-state index in [-0.39, 0.29) is 23.4 Å². The van der Waals surface area contributed by atoms with Gasteiger partial charge in [-0.1, -0.05) is 0 Å². The molecule has 0 bridgehead atoms. The van der Waals surface area contributed by atoms with Gasteiger partial charge in [-0.15, -0.1) is 0 Å². The molecule has 2 saturated heterocycles. The summed E-state index contributed by atoms with van der Waals surface area (Å²) in [5.74, 6) is -3.04. The predicted octanol–water partition coefficient (Wildman–Crippen LogP) is 1.61. The fourth-order valence-electron chi connectivity index (χ4n) is 3.73. The maximum atomic E-state index is 12.5. The molecular formula is C19H21F3N4O5. The molecule has 0 saturated carbocycles. The van der Waals surface area contributed by atoms with E-state index in [1.165, 1.54) is 0 Å². The molecule has 0 radical (unpaired) electrons. The fraction of sp³-hybridized carbons (Fsp3) is 0.474. The van der Waals surface area contributed by atoms with Crippen LogP contribution in [0.5, 0.6) is 0 Å². The Kier molecular flexibility index (Phi) is 6.48. The van der Waals surface area contributed by atoms with Crippen LogP contribution in [-0.4, -0.2) is 64.8 Å². The molecule has 4 heterocycles. The maximum Gasteiger partial charge on any atom is 0.490 e. The van der Waals surface area contributed by atoms with Gasteiger partial charge in [-0.25, -0.2) is 9.78 Å². The Morgan fingerprint density at radius 3 is 2.61 bits per heavy atom. The van der Waals surface area contributed by atoms with Gasteiger partial charge in [-0.2, -0.15) is 13.2 Å². The third kappa shape index (κ3) is 5.13. The predicted molar refractivity (Wildman–Crippen MR) is 101 cm³/mol. The monoisotopic (exact) mass is 442 g/mol. The second-order valence-corrected chi connectivity index (χ2v) is 7.37. The van der Waals surface area contributed by atoms with Crippen molar-refractivity contribution in [3.63, 3.8) is 0 Å². The van der Waals surface area contributed by atoms with Crippen LogP contribution in [0.1, 0.15) is 29.6 Å². The van der Waals surface area contributed by atoms with Crippen LogP contribution in [0.2, 0.25) is 0 Å². The van der Waals surface area contributed by atoms with Crippen molar-refractivity contribution in [3.8, 4) is 0 Å². The quantitative estimate of drug-likeness (QED) is 0.531. The standard InChI is InChI=1S/C17H20N4O3.C2HF3O2/c22-15(13-2-6-20-14-12(13)1-5-19-14)21-10-11-9-17(16(23)24-11)3-7-18-8-4-17;3-2(4,5)1(6)7/h1-2,5-6,11,18H,3-4,7-10H2,(H,19,20)(H,21,22);(H,6,7). The van der Waals surface area contributed by atoms with Crippen LogP contribution in [-0.2, 0) is 14.3 Å². The molecule has 1 spiro atoms. The molecule has 0 aliphatic carbocycles. The van der Waals surface area contributed by atoms with E-state index in [0.29, 0.717) is 24.2 Å². The number of fused-ring (bicyclic) bond motifs is 1. The van der Waals surface area contributed by atoms with Gasteiger partial charge in [0, 0.05) is 24.2 Å². The summed E-state index contributed by atoms with van der Waals surface area (Å²) in [7, 11) is 0. The van der Waals surface area contributed by atoms with Gasteiger partial charge in [0.1, 0.15) is 11.8 Å². The highest BCUT2D eigenvalue weighted by atomic mass is 19.4. The Labute approximate surface area is 174 Å². The first-order valence-electron chi connectivity index (χ1n) is 9.55. The van der Waals surface area contributed by atoms with Crippen molar-refractivity contribution in [2.75, 3.05) is 19.6 Å². The number of carboxylic acid groups (broad SMARTS) is 1. The summed E-state index contributed by atoms with van der Waals surface area (Å²) in [6.07, 6.45) is 0.337. The number of hydrogen-bond donors (Lipinski definition) is 4. The van der Waals surface area contributed by atoms with Crippen LogP contribution in [0.3, 0.4) is 0 Å². The number of piperidine rings is 1. The molecule has 2 aromatic rings. The van der Waals surface area contributed by atoms with Crippen molar-refractivity contribution in [1.82, 2.24) is 20.6 Å². The number of aliphatic carboxylic acids is 1. The molecule has 4 N–H and O–H groups in total. The number of carboxylic acids is 1. The van der Waals surface area contributed by atoms with Gasteiger partial charge >= 0.3 is 18.1 Å². The van der Waals surface area contributed by atoms with Crippen molar-refractivity contribution in [2.45, 2.75) is 31.5 Å². The maximum absolute atomic E-state index is 12.5. The Morgan fingerprint density at radius 1 is 1.29 bits per heavy atom. The lowest BCUT2D eigenvalue weighted by Gasteiger charge is -2.29. The third-order valence-corrected chi connectivity index (χ3v) is 5.32. The van der Waals surface area contributed by atoms with E-state index >= 15 is 0 Å². The van der Waals surface area contributed by atoms with Gasteiger partial charge in [-0.05, 0) is 38.1 Å². The molecule has 9 nitrogen and oxygen atoms in total. The number of alkyl halides is 3. The van der Waals surface area contributed by atoms with Crippen molar-refractivity contribution >= 4 is 28.9 Å². The molecule has 1 atom stereocenters. The summed E-state index contributed by atoms with van der Waals surface area (Å²) in [6, 6.07) is 3.53. The van der Waals surface area contributed by atoms with Crippen LogP contribution >= 0.6 is 0 Å². The number of rotatable bonds is 3. The zero-order valence-electron chi connectivity index (χ0n) is 16.3. The van der Waals surface area contributed by atoms with Crippen LogP contribution in [0.15, 0.2) is 24.5 Å². The smallest absolute Gasteiger partial charge is 0.475 e. The highest BCUT2D eigenvalue weighted by molar-refractivity contribution is 6.05. The third-order valence-electron chi connectivity index (χ3n) is 5.32. The van der Waals surface area contributed by atoms with Crippen LogP contribution in [0, 0.1) is 5.41 Å². The molecule has 2 aromatic heterocycles. The Hall–Kier alpha value is -3.15. The van der Waals surface area contributed by atoms with Crippen molar-refractivity contribution < 1.29 is 37.4 Å². The minimum atomic E-state index is -5.08. The average molecular weight is 442 g/mol. The number of nitrogens with one attached hydrogen (secondary N) is 3. The summed E-state index contributed by atoms with van der Waals surface area (Å²) in [5, 5.41) is 14.1. The molecule has 1 unspecified atom stereocenters. The number of H-pyrrole nitrogens is 1. The molecule has 2 fully saturated rings. The zero-order valence-corrected chi connectivity index (χ0v) is 16.3. The molecule has 2 aliphatic heterocycles. The van der Waals surface area contributed by atoms with Gasteiger partial charge in [0.25, 0.3) is 5.91 Å². The first kappa shape index (κ1) is 22.5. The zero-order chi connectivity index (χ0) is 22.6. The normalized spacial score (nSPS) is 20.1. The van der Waals surface area contributed by atoms with Gasteiger partial charge in [0.2, 0.25) is 0 Å². The molecule has 12 heteroatoms. The van der Waals surface area contributed by atoms with Gasteiger partial charge in [0.05, 0.1) is 17.5 Å². The van der Waals surface area contributed by atoms with E-state index < -0.39 is 12.1 Å². The first-order chi connectivity index (χ1) is 14.6. The SMILES string of the molecule is O=C(NCC1CC2(CCNCC2)C(=O)O1)c1ccnc2[nH]ccc12.O=C(O)C(F)(F)F. The summed E-state index contributed by atoms with van der Waals surface area (Å²) in [5.41, 5.74) is 0.899. The number of pyridine rings is 1. The second-order valence-electron chi connectivity index (χ2n) is 7.37. The average Bonchev–Trinajstić information content (AvgIpc) is 3.31. The fourth-order valence-corrected chi connectivity index (χ4v) is 3.73. The first-order valence-corrected chi connectivity index (χ1v) is 9.55. The van der Waals surface area contributed by atoms with Crippen molar-refractivity contribution in [1.29, 1.82) is 0 Å². The Bertz CT molecular complexity index is 969. The molecule has 0 aromatic carbocycles. The molecule has 1 amide bonds. The molecular weight excluding hydrogens is 421 g/mol. The van der Waals surface area contributed by atoms with Crippen LogP contribution < -0.4 is 10.6 Å². The number of carbonyl (C=O) groups excluding carboxylic acids is 2. The number of carbonyl (C=O) groups is 3. The van der Waals surface area contributed by atoms with E-state index in [4.69, 9.17) is 14.6 Å². The van der Waals surface area contributed by atoms with E-state index in [1.807, 2.05) is 6.07 Å². The number of halogens is 3. The number of hydrogen-bond acceptors (Lipinski definition) is 6. The van der Waals surface area contributed by atoms with Crippen LogP contribution in [0.25, 0.3) is 11.0 Å². The largest absolute Gasteiger partial charge is 0.490 e. The van der Waals surface area contributed by atoms with Gasteiger partial charge in [-0.3, -0.25) is 9.59 Å². The lowest BCUT2D eigenvalue weighted by atomic mass is 9.76. The minimum Gasteiger partial charge on any atom is -0.475 e. The molecule has 2 aliphatic rings. The molecule has 31 heavy (non-hydrogen) atoms. The summed E-state index contributed by atoms with van der Waals surface area (Å²) >= 11 is 0. The lowest BCUT2D eigenvalue weighted by Crippen LogP contribution is -2.39. The Morgan fingerprint density at radius 2 is 1.97 bits per heavy atom. The van der Waals surface area contributed by atoms with Crippen molar-refractivity contribution in [3.05, 3.63) is 30.1 Å². The van der Waals surface area contributed by atoms with Gasteiger partial charge in [0.15, 0.2) is 0 Å². The topological polar surface area (TPSA) is 133 Å². The number of cyclic esters (lactones) is 1. The number of nitrogens with zero attached hydrogens (tertiary/aromatic N) is 1. The number of amides is 1. The number of aromatic nitrogens is 2. The van der Waals surface area contributed by atoms with E-state index in [9.17, 15) is 22.8 Å². The molecule has 4 rings (SSSR count). The summed E-state index contributed by atoms with van der Waals surface area (Å²) < 4.78 is 37.2. The Balaban J connectivity index is 0.000000339.